The summed E-state index contributed by atoms with van der Waals surface area (Å²) >= 11 is 24.7. The van der Waals surface area contributed by atoms with Gasteiger partial charge in [0, 0.05) is 41.0 Å². The Morgan fingerprint density at radius 2 is 0.939 bits per heavy atom. The number of amides is 4. The number of halogens is 4. The van der Waals surface area contributed by atoms with Gasteiger partial charge in [0.2, 0.25) is 12.1 Å². The number of ketones is 2. The summed E-state index contributed by atoms with van der Waals surface area (Å²) in [4.78, 5) is 78.7. The lowest BCUT2D eigenvalue weighted by Gasteiger charge is -2.18. The Morgan fingerprint density at radius 1 is 0.545 bits per heavy atom. The van der Waals surface area contributed by atoms with Crippen molar-refractivity contribution in [2.75, 3.05) is 47.2 Å². The number of carbonyl (C=O) groups excluding carboxylic acids is 6. The topological polar surface area (TPSA) is 218 Å². The number of benzene rings is 5. The van der Waals surface area contributed by atoms with Gasteiger partial charge in [-0.3, -0.25) is 28.8 Å². The molecule has 342 valence electrons. The second-order valence-corrected chi connectivity index (χ2v) is 15.7. The molecule has 2 unspecified atom stereocenters. The van der Waals surface area contributed by atoms with Crippen LogP contribution in [0.25, 0.3) is 0 Å². The van der Waals surface area contributed by atoms with Crippen LogP contribution in [0.2, 0.25) is 10.0 Å². The van der Waals surface area contributed by atoms with E-state index in [9.17, 15) is 28.8 Å². The van der Waals surface area contributed by atoms with Gasteiger partial charge in [-0.15, -0.1) is 23.2 Å². The van der Waals surface area contributed by atoms with Crippen molar-refractivity contribution in [2.45, 2.75) is 38.8 Å². The van der Waals surface area contributed by atoms with E-state index >= 15 is 0 Å². The van der Waals surface area contributed by atoms with Gasteiger partial charge in [-0.1, -0.05) is 59.6 Å². The minimum atomic E-state index is -1.69. The average Bonchev–Trinajstić information content (AvgIpc) is 3.29. The highest BCUT2D eigenvalue weighted by molar-refractivity contribution is 6.37. The number of alkyl halides is 2. The van der Waals surface area contributed by atoms with Crippen molar-refractivity contribution in [3.8, 4) is 11.5 Å². The van der Waals surface area contributed by atoms with Crippen LogP contribution in [0.1, 0.15) is 45.7 Å². The molecule has 20 heteroatoms. The predicted octanol–water partition coefficient (Wildman–Crippen LogP) is 10.4. The maximum atomic E-state index is 13.6. The summed E-state index contributed by atoms with van der Waals surface area (Å²) in [7, 11) is 2.56. The Kier molecular flexibility index (Phi) is 18.3. The van der Waals surface area contributed by atoms with Gasteiger partial charge < -0.3 is 30.7 Å². The van der Waals surface area contributed by atoms with E-state index in [4.69, 9.17) is 55.9 Å². The molecule has 0 heterocycles. The number of Topliss-reactive ketones (excluding diaryl/α,β-unsaturated/α-hetero) is 2. The standard InChI is InChI=1S/C46H42Cl4N8O8/c1-25(59)40(57-55-34-9-5-7-32(38(34)49)43(61)51-29-15-11-27(12-16-29)19-21-47)45(63)53-31-23-36(65-3)42(37(24-31)66-4)54-46(64)41(26(2)60)58-56-35-10-6-8-33(39(35)50)44(62)52-30-17-13-28(14-18-30)20-22-48/h5-18,23-24,40-41H,19-22H2,1-4H3,(H,51,61)(H,52,62)(H,53,63)(H,54,64). The molecule has 16 nitrogen and oxygen atoms in total. The van der Waals surface area contributed by atoms with Crippen LogP contribution >= 0.6 is 46.4 Å². The molecule has 0 aromatic heterocycles. The SMILES string of the molecule is COc1cc(NC(=O)C(N=Nc2cccc(C(=O)Nc3ccc(CCCl)cc3)c2Cl)C(C)=O)cc(OC)c1NC(=O)C(N=Nc1cccc(C(=O)Nc2ccc(CCCl)cc2)c1Cl)C(C)=O. The van der Waals surface area contributed by atoms with Crippen molar-refractivity contribution < 1.29 is 38.2 Å². The lowest BCUT2D eigenvalue weighted by atomic mass is 10.1. The van der Waals surface area contributed by atoms with Crippen LogP contribution in [0.15, 0.2) is 118 Å². The number of hydrogen-bond donors (Lipinski definition) is 4. The zero-order valence-electron chi connectivity index (χ0n) is 35.8. The van der Waals surface area contributed by atoms with E-state index in [1.54, 1.807) is 24.3 Å². The molecule has 4 N–H and O–H groups in total. The fourth-order valence-electron chi connectivity index (χ4n) is 6.06. The molecule has 0 bridgehead atoms. The monoisotopic (exact) mass is 974 g/mol. The molecule has 4 amide bonds. The molecule has 0 saturated heterocycles. The van der Waals surface area contributed by atoms with Crippen LogP contribution in [0.4, 0.5) is 34.1 Å². The molecular weight excluding hydrogens is 934 g/mol. The quantitative estimate of drug-likeness (QED) is 0.0333. The van der Waals surface area contributed by atoms with Gasteiger partial charge in [0.05, 0.1) is 35.4 Å². The van der Waals surface area contributed by atoms with Crippen molar-refractivity contribution in [2.24, 2.45) is 20.5 Å². The minimum absolute atomic E-state index is 0.0138. The van der Waals surface area contributed by atoms with Gasteiger partial charge in [0.15, 0.2) is 11.6 Å². The van der Waals surface area contributed by atoms with Crippen molar-refractivity contribution in [1.29, 1.82) is 0 Å². The zero-order chi connectivity index (χ0) is 47.9. The summed E-state index contributed by atoms with van der Waals surface area (Å²) in [5, 5.41) is 26.5. The maximum absolute atomic E-state index is 13.6. The number of rotatable bonds is 20. The normalized spacial score (nSPS) is 12.0. The molecule has 0 aliphatic rings. The lowest BCUT2D eigenvalue weighted by molar-refractivity contribution is -0.127. The van der Waals surface area contributed by atoms with Crippen molar-refractivity contribution >= 4 is 116 Å². The fourth-order valence-corrected chi connectivity index (χ4v) is 6.99. The number of carbonyl (C=O) groups is 6. The second kappa shape index (κ2) is 24.0. The van der Waals surface area contributed by atoms with Crippen LogP contribution in [-0.2, 0) is 32.0 Å². The number of anilines is 4. The Hall–Kier alpha value is -6.72. The number of azo groups is 2. The third-order valence-electron chi connectivity index (χ3n) is 9.49. The molecule has 2 atom stereocenters. The summed E-state index contributed by atoms with van der Waals surface area (Å²) in [6, 6.07) is 22.5. The van der Waals surface area contributed by atoms with Gasteiger partial charge in [-0.2, -0.15) is 20.5 Å². The number of ether oxygens (including phenoxy) is 2. The molecule has 0 fully saturated rings. The highest BCUT2D eigenvalue weighted by Gasteiger charge is 2.28. The summed E-state index contributed by atoms with van der Waals surface area (Å²) < 4.78 is 11.0. The number of nitrogens with zero attached hydrogens (tertiary/aromatic N) is 4. The van der Waals surface area contributed by atoms with Crippen LogP contribution in [0, 0.1) is 0 Å². The molecular formula is C46H42Cl4N8O8. The van der Waals surface area contributed by atoms with Crippen molar-refractivity contribution in [1.82, 2.24) is 0 Å². The zero-order valence-corrected chi connectivity index (χ0v) is 38.8. The Labute approximate surface area is 399 Å². The van der Waals surface area contributed by atoms with Crippen molar-refractivity contribution in [3.05, 3.63) is 129 Å². The molecule has 5 aromatic rings. The number of nitrogens with one attached hydrogen (secondary N) is 4. The number of hydrogen-bond acceptors (Lipinski definition) is 12. The van der Waals surface area contributed by atoms with E-state index in [2.05, 4.69) is 41.7 Å². The van der Waals surface area contributed by atoms with Gasteiger partial charge >= 0.3 is 0 Å². The van der Waals surface area contributed by atoms with Crippen LogP contribution in [-0.4, -0.2) is 73.3 Å². The van der Waals surface area contributed by atoms with E-state index in [1.807, 2.05) is 24.3 Å². The molecule has 5 rings (SSSR count). The molecule has 5 aromatic carbocycles. The molecule has 0 radical (unpaired) electrons. The van der Waals surface area contributed by atoms with E-state index in [1.165, 1.54) is 62.8 Å². The third kappa shape index (κ3) is 13.2. The molecule has 66 heavy (non-hydrogen) atoms. The molecule has 0 saturated carbocycles. The summed E-state index contributed by atoms with van der Waals surface area (Å²) in [5.41, 5.74) is 3.25. The van der Waals surface area contributed by atoms with Crippen molar-refractivity contribution in [3.63, 3.8) is 0 Å². The average molecular weight is 977 g/mol. The summed E-state index contributed by atoms with van der Waals surface area (Å²) in [6.07, 6.45) is 1.35. The lowest BCUT2D eigenvalue weighted by Crippen LogP contribution is -2.32. The molecule has 0 aliphatic heterocycles. The van der Waals surface area contributed by atoms with E-state index in [0.717, 1.165) is 25.0 Å². The van der Waals surface area contributed by atoms with Crippen LogP contribution in [0.5, 0.6) is 11.5 Å². The second-order valence-electron chi connectivity index (χ2n) is 14.1. The summed E-state index contributed by atoms with van der Waals surface area (Å²) in [6.45, 7) is 2.28. The first-order chi connectivity index (χ1) is 31.7. The Morgan fingerprint density at radius 3 is 1.30 bits per heavy atom. The largest absolute Gasteiger partial charge is 0.494 e. The first-order valence-electron chi connectivity index (χ1n) is 19.9. The maximum Gasteiger partial charge on any atom is 0.259 e. The first-order valence-corrected chi connectivity index (χ1v) is 21.7. The summed E-state index contributed by atoms with van der Waals surface area (Å²) in [5.74, 6) is -3.38. The van der Waals surface area contributed by atoms with Gasteiger partial charge in [-0.25, -0.2) is 0 Å². The smallest absolute Gasteiger partial charge is 0.259 e. The predicted molar refractivity (Wildman–Crippen MR) is 255 cm³/mol. The van der Waals surface area contributed by atoms with E-state index in [-0.39, 0.29) is 55.4 Å². The van der Waals surface area contributed by atoms with Gasteiger partial charge in [0.25, 0.3) is 23.6 Å². The Bertz CT molecular complexity index is 2660. The van der Waals surface area contributed by atoms with Crippen LogP contribution in [0.3, 0.4) is 0 Å². The fraction of sp³-hybridized carbons (Fsp3) is 0.217. The third-order valence-corrected chi connectivity index (χ3v) is 10.7. The number of methoxy groups -OCH3 is 2. The van der Waals surface area contributed by atoms with E-state index < -0.39 is 47.3 Å². The molecule has 0 spiro atoms. The highest BCUT2D eigenvalue weighted by atomic mass is 35.5. The van der Waals surface area contributed by atoms with Gasteiger partial charge in [0.1, 0.15) is 28.6 Å². The van der Waals surface area contributed by atoms with Crippen LogP contribution < -0.4 is 30.7 Å². The molecule has 0 aliphatic carbocycles. The number of aryl methyl sites for hydroxylation is 2. The first kappa shape index (κ1) is 50.3. The minimum Gasteiger partial charge on any atom is -0.494 e. The Balaban J connectivity index is 1.29. The van der Waals surface area contributed by atoms with Gasteiger partial charge in [-0.05, 0) is 86.3 Å². The van der Waals surface area contributed by atoms with E-state index in [0.29, 0.717) is 36.0 Å². The highest BCUT2D eigenvalue weighted by Crippen LogP contribution is 2.39.